The molecule has 0 spiro atoms. The summed E-state index contributed by atoms with van der Waals surface area (Å²) in [4.78, 5) is 26.5. The Hall–Kier alpha value is -2.74. The van der Waals surface area contributed by atoms with Gasteiger partial charge in [-0.15, -0.1) is 0 Å². The van der Waals surface area contributed by atoms with E-state index in [9.17, 15) is 14.0 Å². The zero-order valence-corrected chi connectivity index (χ0v) is 11.8. The van der Waals surface area contributed by atoms with Gasteiger partial charge in [0.05, 0.1) is 10.2 Å². The van der Waals surface area contributed by atoms with Crippen LogP contribution in [0.1, 0.15) is 0 Å². The highest BCUT2D eigenvalue weighted by Gasteiger charge is 2.09. The molecule has 0 saturated carbocycles. The van der Waals surface area contributed by atoms with Gasteiger partial charge in [0.2, 0.25) is 0 Å². The smallest absolute Gasteiger partial charge is 0.323 e. The predicted octanol–water partition coefficient (Wildman–Crippen LogP) is 2.47. The molecule has 0 radical (unpaired) electrons. The molecule has 3 aromatic rings. The van der Waals surface area contributed by atoms with Gasteiger partial charge in [-0.1, -0.05) is 11.3 Å². The van der Waals surface area contributed by atoms with Gasteiger partial charge in [0.1, 0.15) is 18.1 Å². The molecule has 0 amide bonds. The second-order valence-electron chi connectivity index (χ2n) is 4.42. The first kappa shape index (κ1) is 14.2. The molecule has 0 aliphatic heterocycles. The molecule has 0 fully saturated rings. The van der Waals surface area contributed by atoms with Crippen LogP contribution in [0.3, 0.4) is 0 Å². The number of hydrogen-bond donors (Lipinski definition) is 1. The van der Waals surface area contributed by atoms with Crippen LogP contribution >= 0.6 is 11.3 Å². The first-order valence-corrected chi connectivity index (χ1v) is 6.99. The molecular formula is C14H9FN2O4S. The Bertz CT molecular complexity index is 919. The van der Waals surface area contributed by atoms with Crippen LogP contribution in [0, 0.1) is 5.82 Å². The lowest BCUT2D eigenvalue weighted by Crippen LogP contribution is -2.22. The molecule has 22 heavy (non-hydrogen) atoms. The van der Waals surface area contributed by atoms with Gasteiger partial charge in [-0.25, -0.2) is 9.37 Å². The fourth-order valence-electron chi connectivity index (χ4n) is 1.85. The van der Waals surface area contributed by atoms with Crippen molar-refractivity contribution in [1.82, 2.24) is 9.55 Å². The number of pyridine rings is 1. The number of aromatic nitrogens is 2. The summed E-state index contributed by atoms with van der Waals surface area (Å²) in [6, 6.07) is 6.84. The quantitative estimate of drug-likeness (QED) is 0.798. The van der Waals surface area contributed by atoms with E-state index in [-0.39, 0.29) is 16.8 Å². The van der Waals surface area contributed by atoms with Crippen LogP contribution in [-0.4, -0.2) is 20.6 Å². The lowest BCUT2D eigenvalue weighted by Gasteiger charge is -2.04. The van der Waals surface area contributed by atoms with Crippen LogP contribution in [0.4, 0.5) is 4.39 Å². The summed E-state index contributed by atoms with van der Waals surface area (Å²) in [7, 11) is 0. The minimum atomic E-state index is -1.11. The molecular weight excluding hydrogens is 311 g/mol. The second kappa shape index (κ2) is 5.57. The fraction of sp³-hybridized carbons (Fsp3) is 0.0714. The largest absolute Gasteiger partial charge is 0.480 e. The maximum atomic E-state index is 13.1. The molecule has 1 aromatic carbocycles. The van der Waals surface area contributed by atoms with Crippen molar-refractivity contribution in [3.8, 4) is 10.9 Å². The van der Waals surface area contributed by atoms with Gasteiger partial charge in [-0.05, 0) is 24.3 Å². The van der Waals surface area contributed by atoms with Gasteiger partial charge in [0, 0.05) is 12.3 Å². The van der Waals surface area contributed by atoms with E-state index >= 15 is 0 Å². The molecule has 3 rings (SSSR count). The van der Waals surface area contributed by atoms with Crippen LogP contribution in [0.5, 0.6) is 10.9 Å². The molecule has 2 heterocycles. The van der Waals surface area contributed by atoms with E-state index < -0.39 is 18.1 Å². The number of hydrogen-bond acceptors (Lipinski definition) is 5. The van der Waals surface area contributed by atoms with E-state index in [0.717, 1.165) is 15.9 Å². The summed E-state index contributed by atoms with van der Waals surface area (Å²) in [6.07, 6.45) is 1.33. The second-order valence-corrected chi connectivity index (χ2v) is 5.41. The van der Waals surface area contributed by atoms with Gasteiger partial charge in [-0.3, -0.25) is 9.59 Å². The molecule has 0 saturated heterocycles. The number of fused-ring (bicyclic) bond motifs is 1. The molecule has 2 aromatic heterocycles. The van der Waals surface area contributed by atoms with Crippen LogP contribution in [0.15, 0.2) is 41.3 Å². The minimum Gasteiger partial charge on any atom is -0.480 e. The number of benzene rings is 1. The van der Waals surface area contributed by atoms with Crippen molar-refractivity contribution in [2.45, 2.75) is 6.54 Å². The average Bonchev–Trinajstić information content (AvgIpc) is 2.82. The number of carboxylic acids is 1. The molecule has 6 nitrogen and oxygen atoms in total. The summed E-state index contributed by atoms with van der Waals surface area (Å²) >= 11 is 1.15. The van der Waals surface area contributed by atoms with E-state index in [1.807, 2.05) is 0 Å². The molecule has 0 aliphatic rings. The third-order valence-electron chi connectivity index (χ3n) is 2.81. The summed E-state index contributed by atoms with van der Waals surface area (Å²) in [5, 5.41) is 8.94. The molecule has 112 valence electrons. The number of thiazole rings is 1. The van der Waals surface area contributed by atoms with E-state index in [2.05, 4.69) is 4.98 Å². The SMILES string of the molecule is O=C(O)Cn1ccc(Oc2nc3ccc(F)cc3s2)cc1=O. The number of halogens is 1. The highest BCUT2D eigenvalue weighted by atomic mass is 32.1. The van der Waals surface area contributed by atoms with Gasteiger partial charge >= 0.3 is 5.97 Å². The Kier molecular flexibility index (Phi) is 3.60. The van der Waals surface area contributed by atoms with E-state index in [0.29, 0.717) is 10.2 Å². The lowest BCUT2D eigenvalue weighted by molar-refractivity contribution is -0.137. The highest BCUT2D eigenvalue weighted by molar-refractivity contribution is 7.20. The van der Waals surface area contributed by atoms with Crippen molar-refractivity contribution in [2.75, 3.05) is 0 Å². The molecule has 0 bridgehead atoms. The average molecular weight is 320 g/mol. The normalized spacial score (nSPS) is 10.8. The van der Waals surface area contributed by atoms with Crippen molar-refractivity contribution >= 4 is 27.5 Å². The summed E-state index contributed by atoms with van der Waals surface area (Å²) < 4.78 is 20.3. The maximum Gasteiger partial charge on any atom is 0.323 e. The Morgan fingerprint density at radius 1 is 1.36 bits per heavy atom. The molecule has 0 atom stereocenters. The van der Waals surface area contributed by atoms with E-state index in [1.54, 1.807) is 6.07 Å². The minimum absolute atomic E-state index is 0.242. The van der Waals surface area contributed by atoms with Gasteiger partial charge < -0.3 is 14.4 Å². The Balaban J connectivity index is 1.86. The molecule has 1 N–H and O–H groups in total. The highest BCUT2D eigenvalue weighted by Crippen LogP contribution is 2.31. The van der Waals surface area contributed by atoms with Gasteiger partial charge in [-0.2, -0.15) is 0 Å². The Morgan fingerprint density at radius 3 is 2.91 bits per heavy atom. The molecule has 0 aliphatic carbocycles. The van der Waals surface area contributed by atoms with E-state index in [4.69, 9.17) is 9.84 Å². The van der Waals surface area contributed by atoms with Gasteiger partial charge in [0.25, 0.3) is 10.8 Å². The van der Waals surface area contributed by atoms with Crippen LogP contribution in [0.25, 0.3) is 10.2 Å². The topological polar surface area (TPSA) is 81.4 Å². The Morgan fingerprint density at radius 2 is 2.18 bits per heavy atom. The van der Waals surface area contributed by atoms with E-state index in [1.165, 1.54) is 30.5 Å². The summed E-state index contributed by atoms with van der Waals surface area (Å²) in [6.45, 7) is -0.417. The molecule has 0 unspecified atom stereocenters. The first-order valence-electron chi connectivity index (χ1n) is 6.17. The predicted molar refractivity (Wildman–Crippen MR) is 78.0 cm³/mol. The standard InChI is InChI=1S/C14H9FN2O4S/c15-8-1-2-10-11(5-8)22-14(16-10)21-9-3-4-17(7-13(19)20)12(18)6-9/h1-6H,7H2,(H,19,20). The van der Waals surface area contributed by atoms with Crippen LogP contribution in [0.2, 0.25) is 0 Å². The summed E-state index contributed by atoms with van der Waals surface area (Å²) in [5.74, 6) is -1.23. The van der Waals surface area contributed by atoms with Crippen molar-refractivity contribution in [3.63, 3.8) is 0 Å². The van der Waals surface area contributed by atoms with Gasteiger partial charge in [0.15, 0.2) is 0 Å². The molecule has 8 heteroatoms. The number of rotatable bonds is 4. The van der Waals surface area contributed by atoms with Crippen LogP contribution < -0.4 is 10.3 Å². The van der Waals surface area contributed by atoms with Crippen molar-refractivity contribution in [2.24, 2.45) is 0 Å². The number of carbonyl (C=O) groups is 1. The fourth-order valence-corrected chi connectivity index (χ4v) is 2.71. The zero-order chi connectivity index (χ0) is 15.7. The van der Waals surface area contributed by atoms with Crippen LogP contribution in [-0.2, 0) is 11.3 Å². The third-order valence-corrected chi connectivity index (χ3v) is 3.71. The number of carboxylic acid groups (broad SMARTS) is 1. The lowest BCUT2D eigenvalue weighted by atomic mass is 10.3. The number of ether oxygens (including phenoxy) is 1. The van der Waals surface area contributed by atoms with Crippen molar-refractivity contribution in [3.05, 3.63) is 52.7 Å². The number of aliphatic carboxylic acids is 1. The third kappa shape index (κ3) is 2.96. The van der Waals surface area contributed by atoms with Crippen molar-refractivity contribution in [1.29, 1.82) is 0 Å². The maximum absolute atomic E-state index is 13.1. The Labute approximate surface area is 127 Å². The number of nitrogens with zero attached hydrogens (tertiary/aromatic N) is 2. The zero-order valence-electron chi connectivity index (χ0n) is 11.0. The first-order chi connectivity index (χ1) is 10.5. The monoisotopic (exact) mass is 320 g/mol. The van der Waals surface area contributed by atoms with Crippen molar-refractivity contribution < 1.29 is 19.0 Å². The summed E-state index contributed by atoms with van der Waals surface area (Å²) in [5.41, 5.74) is 0.104.